The Morgan fingerprint density at radius 1 is 1.38 bits per heavy atom. The SMILES string of the molecule is CCc1cc(C2CCN(C/C(N)=C/N(N)CC3(CO)CCOCC3)C(C)C2)c(CCO)s1. The maximum Gasteiger partial charge on any atom is 0.0506 e. The lowest BCUT2D eigenvalue weighted by molar-refractivity contribution is -0.0285. The highest BCUT2D eigenvalue weighted by Crippen LogP contribution is 2.38. The highest BCUT2D eigenvalue weighted by molar-refractivity contribution is 7.12. The van der Waals surface area contributed by atoms with Crippen molar-refractivity contribution in [3.05, 3.63) is 33.3 Å². The zero-order valence-corrected chi connectivity index (χ0v) is 20.6. The van der Waals surface area contributed by atoms with Gasteiger partial charge in [0.1, 0.15) is 0 Å². The lowest BCUT2D eigenvalue weighted by Gasteiger charge is -2.39. The molecule has 0 amide bonds. The molecular formula is C24H42N4O3S. The summed E-state index contributed by atoms with van der Waals surface area (Å²) in [6.07, 6.45) is 7.49. The van der Waals surface area contributed by atoms with Crippen molar-refractivity contribution < 1.29 is 14.9 Å². The Bertz CT molecular complexity index is 748. The van der Waals surface area contributed by atoms with Gasteiger partial charge in [0.2, 0.25) is 0 Å². The number of aliphatic hydroxyl groups excluding tert-OH is 2. The van der Waals surface area contributed by atoms with Crippen LogP contribution < -0.4 is 11.6 Å². The van der Waals surface area contributed by atoms with Crippen LogP contribution in [0.5, 0.6) is 0 Å². The predicted octanol–water partition coefficient (Wildman–Crippen LogP) is 2.18. The molecule has 3 heterocycles. The number of hydrogen-bond acceptors (Lipinski definition) is 8. The van der Waals surface area contributed by atoms with Crippen LogP contribution in [0.4, 0.5) is 0 Å². The van der Waals surface area contributed by atoms with Crippen molar-refractivity contribution in [2.45, 2.75) is 64.3 Å². The number of piperidine rings is 1. The van der Waals surface area contributed by atoms with Gasteiger partial charge in [-0.2, -0.15) is 0 Å². The molecule has 2 unspecified atom stereocenters. The fraction of sp³-hybridized carbons (Fsp3) is 0.750. The van der Waals surface area contributed by atoms with Crippen LogP contribution in [0.3, 0.4) is 0 Å². The topological polar surface area (TPSA) is 108 Å². The number of aryl methyl sites for hydroxylation is 1. The van der Waals surface area contributed by atoms with Crippen molar-refractivity contribution in [2.75, 3.05) is 46.1 Å². The van der Waals surface area contributed by atoms with Crippen molar-refractivity contribution >= 4 is 11.3 Å². The first-order valence-corrected chi connectivity index (χ1v) is 12.8. The molecule has 1 aromatic heterocycles. The lowest BCUT2D eigenvalue weighted by atomic mass is 9.81. The van der Waals surface area contributed by atoms with Crippen molar-refractivity contribution in [1.29, 1.82) is 0 Å². The van der Waals surface area contributed by atoms with Gasteiger partial charge in [0.25, 0.3) is 0 Å². The molecule has 2 aliphatic rings. The van der Waals surface area contributed by atoms with E-state index in [0.717, 1.165) is 50.8 Å². The van der Waals surface area contributed by atoms with Gasteiger partial charge in [-0.25, -0.2) is 5.84 Å². The summed E-state index contributed by atoms with van der Waals surface area (Å²) in [6.45, 7) is 8.42. The van der Waals surface area contributed by atoms with E-state index in [-0.39, 0.29) is 18.6 Å². The van der Waals surface area contributed by atoms with E-state index in [1.807, 2.05) is 17.5 Å². The maximum atomic E-state index is 9.90. The summed E-state index contributed by atoms with van der Waals surface area (Å²) in [5, 5.41) is 21.0. The lowest BCUT2D eigenvalue weighted by Crippen LogP contribution is -2.46. The fourth-order valence-corrected chi connectivity index (χ4v) is 6.33. The molecule has 6 N–H and O–H groups in total. The van der Waals surface area contributed by atoms with Crippen molar-refractivity contribution in [3.63, 3.8) is 0 Å². The molecule has 0 aliphatic carbocycles. The quantitative estimate of drug-likeness (QED) is 0.309. The number of aliphatic hydroxyl groups is 2. The molecule has 8 heteroatoms. The van der Waals surface area contributed by atoms with Gasteiger partial charge in [-0.15, -0.1) is 11.3 Å². The smallest absolute Gasteiger partial charge is 0.0506 e. The van der Waals surface area contributed by atoms with Crippen LogP contribution in [0.1, 0.15) is 60.8 Å². The Hall–Kier alpha value is -1.16. The fourth-order valence-electron chi connectivity index (χ4n) is 5.15. The van der Waals surface area contributed by atoms with Crippen LogP contribution in [0.25, 0.3) is 0 Å². The molecule has 2 fully saturated rings. The van der Waals surface area contributed by atoms with E-state index in [9.17, 15) is 10.2 Å². The number of nitrogens with zero attached hydrogens (tertiary/aromatic N) is 2. The average Bonchev–Trinajstić information content (AvgIpc) is 3.19. The largest absolute Gasteiger partial charge is 0.400 e. The average molecular weight is 467 g/mol. The zero-order chi connectivity index (χ0) is 23.1. The van der Waals surface area contributed by atoms with E-state index in [1.54, 1.807) is 5.01 Å². The summed E-state index contributed by atoms with van der Waals surface area (Å²) in [4.78, 5) is 5.21. The van der Waals surface area contributed by atoms with Gasteiger partial charge < -0.3 is 25.7 Å². The van der Waals surface area contributed by atoms with E-state index in [1.165, 1.54) is 15.3 Å². The first-order valence-electron chi connectivity index (χ1n) is 12.0. The molecule has 2 atom stereocenters. The number of hydrogen-bond donors (Lipinski definition) is 4. The molecule has 0 spiro atoms. The van der Waals surface area contributed by atoms with Gasteiger partial charge in [-0.1, -0.05) is 6.92 Å². The summed E-state index contributed by atoms with van der Waals surface area (Å²) in [6, 6.07) is 2.80. The van der Waals surface area contributed by atoms with Gasteiger partial charge in [0, 0.05) is 72.4 Å². The van der Waals surface area contributed by atoms with Crippen LogP contribution in [0, 0.1) is 5.41 Å². The first-order chi connectivity index (χ1) is 15.4. The summed E-state index contributed by atoms with van der Waals surface area (Å²) in [5.74, 6) is 6.80. The Morgan fingerprint density at radius 2 is 2.12 bits per heavy atom. The number of rotatable bonds is 10. The minimum absolute atomic E-state index is 0.114. The van der Waals surface area contributed by atoms with Crippen molar-refractivity contribution in [2.24, 2.45) is 17.0 Å². The Labute approximate surface area is 197 Å². The number of hydrazine groups is 1. The van der Waals surface area contributed by atoms with E-state index in [4.69, 9.17) is 16.3 Å². The maximum absolute atomic E-state index is 9.90. The molecule has 0 radical (unpaired) electrons. The molecule has 0 saturated carbocycles. The van der Waals surface area contributed by atoms with Gasteiger partial charge in [-0.05, 0) is 63.1 Å². The van der Waals surface area contributed by atoms with E-state index >= 15 is 0 Å². The van der Waals surface area contributed by atoms with Crippen LogP contribution in [0.15, 0.2) is 18.0 Å². The number of thiophene rings is 1. The molecule has 7 nitrogen and oxygen atoms in total. The predicted molar refractivity (Wildman–Crippen MR) is 130 cm³/mol. The standard InChI is InChI=1S/C24H42N4O3S/c1-3-21-13-22(23(32-21)5-9-29)19-4-8-27(18(2)12-19)14-20(25)15-28(26)16-24(17-30)6-10-31-11-7-24/h13,15,18-19,29-30H,3-12,14,16-17,25-26H2,1-2H3/b20-15-. The first kappa shape index (κ1) is 25.5. The number of ether oxygens (including phenoxy) is 1. The normalized spacial score (nSPS) is 24.6. The molecule has 182 valence electrons. The molecule has 0 bridgehead atoms. The zero-order valence-electron chi connectivity index (χ0n) is 19.8. The molecule has 1 aromatic rings. The minimum atomic E-state index is -0.209. The van der Waals surface area contributed by atoms with E-state index < -0.39 is 0 Å². The minimum Gasteiger partial charge on any atom is -0.400 e. The van der Waals surface area contributed by atoms with Gasteiger partial charge >= 0.3 is 0 Å². The second-order valence-corrected chi connectivity index (χ2v) is 10.8. The highest BCUT2D eigenvalue weighted by atomic mass is 32.1. The molecule has 0 aromatic carbocycles. The third kappa shape index (κ3) is 6.46. The highest BCUT2D eigenvalue weighted by Gasteiger charge is 2.33. The summed E-state index contributed by atoms with van der Waals surface area (Å²) >= 11 is 1.87. The molecule has 32 heavy (non-hydrogen) atoms. The summed E-state index contributed by atoms with van der Waals surface area (Å²) in [7, 11) is 0. The molecule has 2 aliphatic heterocycles. The molecular weight excluding hydrogens is 424 g/mol. The Balaban J connectivity index is 1.56. The summed E-state index contributed by atoms with van der Waals surface area (Å²) < 4.78 is 5.44. The molecule has 3 rings (SSSR count). The second kappa shape index (κ2) is 11.8. The monoisotopic (exact) mass is 466 g/mol. The van der Waals surface area contributed by atoms with E-state index in [0.29, 0.717) is 38.3 Å². The van der Waals surface area contributed by atoms with Gasteiger partial charge in [-0.3, -0.25) is 4.90 Å². The van der Waals surface area contributed by atoms with Crippen LogP contribution in [-0.2, 0) is 17.6 Å². The van der Waals surface area contributed by atoms with Crippen molar-refractivity contribution in [1.82, 2.24) is 9.91 Å². The van der Waals surface area contributed by atoms with Crippen LogP contribution >= 0.6 is 11.3 Å². The van der Waals surface area contributed by atoms with Gasteiger partial charge in [0.15, 0.2) is 0 Å². The number of nitrogens with two attached hydrogens (primary N) is 2. The van der Waals surface area contributed by atoms with Gasteiger partial charge in [0.05, 0.1) is 6.61 Å². The second-order valence-electron chi connectivity index (χ2n) is 9.61. The van der Waals surface area contributed by atoms with Crippen molar-refractivity contribution in [3.8, 4) is 0 Å². The Kier molecular flexibility index (Phi) is 9.40. The van der Waals surface area contributed by atoms with E-state index in [2.05, 4.69) is 24.8 Å². The van der Waals surface area contributed by atoms with Crippen LogP contribution in [0.2, 0.25) is 0 Å². The third-order valence-corrected chi connectivity index (χ3v) is 8.51. The Morgan fingerprint density at radius 3 is 2.75 bits per heavy atom. The summed E-state index contributed by atoms with van der Waals surface area (Å²) in [5.41, 5.74) is 8.37. The number of likely N-dealkylation sites (tertiary alicyclic amines) is 1. The molecule has 2 saturated heterocycles. The third-order valence-electron chi connectivity index (χ3n) is 7.16. The van der Waals surface area contributed by atoms with Crippen LogP contribution in [-0.4, -0.2) is 72.2 Å².